The van der Waals surface area contributed by atoms with Crippen LogP contribution in [0.1, 0.15) is 28.5 Å². The van der Waals surface area contributed by atoms with E-state index in [0.29, 0.717) is 6.61 Å². The summed E-state index contributed by atoms with van der Waals surface area (Å²) in [6.45, 7) is 4.53. The lowest BCUT2D eigenvalue weighted by Crippen LogP contribution is -2.03. The number of thiazole rings is 1. The lowest BCUT2D eigenvalue weighted by atomic mass is 10.2. The molecule has 0 aromatic carbocycles. The molecule has 0 spiro atoms. The molecule has 1 rings (SSSR count). The first-order valence-electron chi connectivity index (χ1n) is 3.86. The molecule has 0 fully saturated rings. The summed E-state index contributed by atoms with van der Waals surface area (Å²) >= 11 is 1.63. The van der Waals surface area contributed by atoms with Crippen LogP contribution >= 0.6 is 11.3 Å². The molecule has 1 atom stereocenters. The first kappa shape index (κ1) is 9.64. The first-order valence-corrected chi connectivity index (χ1v) is 4.67. The molecule has 2 N–H and O–H groups in total. The summed E-state index contributed by atoms with van der Waals surface area (Å²) < 4.78 is 4.98. The largest absolute Gasteiger partial charge is 0.378 e. The first-order chi connectivity index (χ1) is 5.65. The predicted molar refractivity (Wildman–Crippen MR) is 50.2 cm³/mol. The van der Waals surface area contributed by atoms with Crippen molar-refractivity contribution in [2.45, 2.75) is 26.5 Å². The van der Waals surface area contributed by atoms with E-state index >= 15 is 0 Å². The molecule has 3 nitrogen and oxygen atoms in total. The third-order valence-electron chi connectivity index (χ3n) is 1.56. The number of hydrogen-bond acceptors (Lipinski definition) is 4. The molecular formula is C8H14N2OS. The van der Waals surface area contributed by atoms with E-state index in [0.717, 1.165) is 15.6 Å². The van der Waals surface area contributed by atoms with Crippen LogP contribution in [0.3, 0.4) is 0 Å². The zero-order chi connectivity index (χ0) is 9.14. The van der Waals surface area contributed by atoms with E-state index in [9.17, 15) is 0 Å². The van der Waals surface area contributed by atoms with Crippen molar-refractivity contribution in [2.24, 2.45) is 5.73 Å². The van der Waals surface area contributed by atoms with Crippen molar-refractivity contribution >= 4 is 11.3 Å². The molecule has 0 bridgehead atoms. The molecule has 4 heteroatoms. The summed E-state index contributed by atoms with van der Waals surface area (Å²) in [6, 6.07) is 0.0770. The highest BCUT2D eigenvalue weighted by Gasteiger charge is 2.10. The maximum absolute atomic E-state index is 5.75. The van der Waals surface area contributed by atoms with Crippen molar-refractivity contribution in [1.29, 1.82) is 0 Å². The van der Waals surface area contributed by atoms with Gasteiger partial charge in [0.2, 0.25) is 0 Å². The Morgan fingerprint density at radius 3 is 2.75 bits per heavy atom. The monoisotopic (exact) mass is 186 g/mol. The van der Waals surface area contributed by atoms with Gasteiger partial charge in [-0.05, 0) is 13.8 Å². The minimum atomic E-state index is 0.0770. The van der Waals surface area contributed by atoms with Gasteiger partial charge in [0.25, 0.3) is 0 Å². The average Bonchev–Trinajstić information content (AvgIpc) is 2.32. The molecule has 1 aromatic rings. The zero-order valence-electron chi connectivity index (χ0n) is 7.63. The Bertz CT molecular complexity index is 258. The fourth-order valence-corrected chi connectivity index (χ4v) is 2.07. The van der Waals surface area contributed by atoms with E-state index < -0.39 is 0 Å². The maximum Gasteiger partial charge on any atom is 0.119 e. The SMILES string of the molecule is COCc1nc(C)c(C(C)N)s1. The summed E-state index contributed by atoms with van der Waals surface area (Å²) in [6.07, 6.45) is 0. The van der Waals surface area contributed by atoms with Crippen molar-refractivity contribution in [3.63, 3.8) is 0 Å². The quantitative estimate of drug-likeness (QED) is 0.780. The summed E-state index contributed by atoms with van der Waals surface area (Å²) in [4.78, 5) is 5.49. The van der Waals surface area contributed by atoms with Crippen LogP contribution in [0.15, 0.2) is 0 Å². The van der Waals surface area contributed by atoms with Gasteiger partial charge in [-0.15, -0.1) is 11.3 Å². The number of rotatable bonds is 3. The Labute approximate surface area is 76.6 Å². The number of methoxy groups -OCH3 is 1. The number of nitrogens with zero attached hydrogens (tertiary/aromatic N) is 1. The number of aryl methyl sites for hydroxylation is 1. The molecule has 68 valence electrons. The molecule has 1 unspecified atom stereocenters. The highest BCUT2D eigenvalue weighted by molar-refractivity contribution is 7.11. The van der Waals surface area contributed by atoms with Crippen LogP contribution in [0.4, 0.5) is 0 Å². The molecule has 0 amide bonds. The van der Waals surface area contributed by atoms with Gasteiger partial charge in [-0.1, -0.05) is 0 Å². The third-order valence-corrected chi connectivity index (χ3v) is 2.89. The highest BCUT2D eigenvalue weighted by atomic mass is 32.1. The topological polar surface area (TPSA) is 48.1 Å². The van der Waals surface area contributed by atoms with Gasteiger partial charge >= 0.3 is 0 Å². The lowest BCUT2D eigenvalue weighted by Gasteiger charge is -1.99. The predicted octanol–water partition coefficient (Wildman–Crippen LogP) is 1.62. The fraction of sp³-hybridized carbons (Fsp3) is 0.625. The molecule has 12 heavy (non-hydrogen) atoms. The Kier molecular flexibility index (Phi) is 3.20. The highest BCUT2D eigenvalue weighted by Crippen LogP contribution is 2.23. The fourth-order valence-electron chi connectivity index (χ4n) is 1.07. The summed E-state index contributed by atoms with van der Waals surface area (Å²) in [7, 11) is 1.67. The van der Waals surface area contributed by atoms with Gasteiger partial charge in [0.05, 0.1) is 12.3 Å². The van der Waals surface area contributed by atoms with Crippen LogP contribution in [0.2, 0.25) is 0 Å². The normalized spacial score (nSPS) is 13.3. The number of ether oxygens (including phenoxy) is 1. The van der Waals surface area contributed by atoms with Gasteiger partial charge in [-0.25, -0.2) is 4.98 Å². The van der Waals surface area contributed by atoms with Crippen LogP contribution in [0, 0.1) is 6.92 Å². The standard InChI is InChI=1S/C8H14N2OS/c1-5(9)8-6(2)10-7(12-8)4-11-3/h5H,4,9H2,1-3H3. The van der Waals surface area contributed by atoms with Crippen LogP contribution < -0.4 is 5.73 Å². The van der Waals surface area contributed by atoms with E-state index in [-0.39, 0.29) is 6.04 Å². The van der Waals surface area contributed by atoms with E-state index in [1.54, 1.807) is 18.4 Å². The van der Waals surface area contributed by atoms with Crippen molar-refractivity contribution in [3.8, 4) is 0 Å². The number of hydrogen-bond donors (Lipinski definition) is 1. The third kappa shape index (κ3) is 2.03. The van der Waals surface area contributed by atoms with Crippen LogP contribution in [-0.4, -0.2) is 12.1 Å². The number of nitrogens with two attached hydrogens (primary N) is 1. The van der Waals surface area contributed by atoms with Gasteiger partial charge < -0.3 is 10.5 Å². The van der Waals surface area contributed by atoms with Crippen LogP contribution in [0.25, 0.3) is 0 Å². The lowest BCUT2D eigenvalue weighted by molar-refractivity contribution is 0.184. The summed E-state index contributed by atoms with van der Waals surface area (Å²) in [5.41, 5.74) is 6.78. The van der Waals surface area contributed by atoms with E-state index in [4.69, 9.17) is 10.5 Å². The Morgan fingerprint density at radius 2 is 2.33 bits per heavy atom. The van der Waals surface area contributed by atoms with E-state index in [1.807, 2.05) is 13.8 Å². The molecule has 0 aliphatic rings. The molecule has 0 aliphatic carbocycles. The van der Waals surface area contributed by atoms with Crippen molar-refractivity contribution < 1.29 is 4.74 Å². The van der Waals surface area contributed by atoms with Crippen LogP contribution in [-0.2, 0) is 11.3 Å². The van der Waals surface area contributed by atoms with Crippen LogP contribution in [0.5, 0.6) is 0 Å². The second-order valence-corrected chi connectivity index (χ2v) is 3.89. The molecule has 0 saturated heterocycles. The Balaban J connectivity index is 2.85. The molecular weight excluding hydrogens is 172 g/mol. The molecule has 1 aromatic heterocycles. The minimum Gasteiger partial charge on any atom is -0.378 e. The molecule has 0 saturated carbocycles. The van der Waals surface area contributed by atoms with Gasteiger partial charge in [0.15, 0.2) is 0 Å². The second kappa shape index (κ2) is 3.98. The molecule has 0 aliphatic heterocycles. The molecule has 0 radical (unpaired) electrons. The van der Waals surface area contributed by atoms with Gasteiger partial charge in [-0.3, -0.25) is 0 Å². The average molecular weight is 186 g/mol. The van der Waals surface area contributed by atoms with Crippen molar-refractivity contribution in [3.05, 3.63) is 15.6 Å². The summed E-state index contributed by atoms with van der Waals surface area (Å²) in [5.74, 6) is 0. The second-order valence-electron chi connectivity index (χ2n) is 2.78. The van der Waals surface area contributed by atoms with Gasteiger partial charge in [0, 0.05) is 18.0 Å². The van der Waals surface area contributed by atoms with Crippen molar-refractivity contribution in [1.82, 2.24) is 4.98 Å². The minimum absolute atomic E-state index is 0.0770. The van der Waals surface area contributed by atoms with Gasteiger partial charge in [-0.2, -0.15) is 0 Å². The Hall–Kier alpha value is -0.450. The summed E-state index contributed by atoms with van der Waals surface area (Å²) in [5, 5.41) is 1.00. The van der Waals surface area contributed by atoms with E-state index in [2.05, 4.69) is 4.98 Å². The maximum atomic E-state index is 5.75. The molecule has 1 heterocycles. The van der Waals surface area contributed by atoms with Gasteiger partial charge in [0.1, 0.15) is 5.01 Å². The van der Waals surface area contributed by atoms with Crippen molar-refractivity contribution in [2.75, 3.05) is 7.11 Å². The zero-order valence-corrected chi connectivity index (χ0v) is 8.44. The Morgan fingerprint density at radius 1 is 1.67 bits per heavy atom. The number of aromatic nitrogens is 1. The van der Waals surface area contributed by atoms with E-state index in [1.165, 1.54) is 0 Å². The smallest absolute Gasteiger partial charge is 0.119 e.